The number of methoxy groups -OCH3 is 1. The normalized spacial score (nSPS) is 18.8. The van der Waals surface area contributed by atoms with E-state index in [1.165, 1.54) is 13.2 Å². The lowest BCUT2D eigenvalue weighted by atomic mass is 9.92. The summed E-state index contributed by atoms with van der Waals surface area (Å²) in [5.74, 6) is -0.655. The third-order valence-corrected chi connectivity index (χ3v) is 5.50. The molecule has 8 nitrogen and oxygen atoms in total. The maximum Gasteiger partial charge on any atom is 0.387 e. The quantitative estimate of drug-likeness (QED) is 0.559. The van der Waals surface area contributed by atoms with E-state index < -0.39 is 42.6 Å². The fourth-order valence-corrected chi connectivity index (χ4v) is 3.72. The molecule has 1 aliphatic heterocycles. The second-order valence-electron chi connectivity index (χ2n) is 7.62. The van der Waals surface area contributed by atoms with Gasteiger partial charge in [-0.25, -0.2) is 4.79 Å². The number of imide groups is 1. The Bertz CT molecular complexity index is 1030. The van der Waals surface area contributed by atoms with Gasteiger partial charge in [0.2, 0.25) is 5.91 Å². The monoisotopic (exact) mass is 461 g/mol. The zero-order valence-corrected chi connectivity index (χ0v) is 18.4. The third kappa shape index (κ3) is 5.05. The Morgan fingerprint density at radius 1 is 1.15 bits per heavy atom. The van der Waals surface area contributed by atoms with Crippen molar-refractivity contribution < 1.29 is 32.6 Å². The highest BCUT2D eigenvalue weighted by Gasteiger charge is 2.49. The highest BCUT2D eigenvalue weighted by atomic mass is 19.3. The molecule has 1 fully saturated rings. The summed E-state index contributed by atoms with van der Waals surface area (Å²) in [6.45, 7) is -0.218. The van der Waals surface area contributed by atoms with Gasteiger partial charge in [0.1, 0.15) is 23.6 Å². The number of hydrogen-bond donors (Lipinski definition) is 2. The highest BCUT2D eigenvalue weighted by molar-refractivity contribution is 6.09. The Balaban J connectivity index is 1.73. The molecule has 1 heterocycles. The summed E-state index contributed by atoms with van der Waals surface area (Å²) in [7, 11) is 1.52. The van der Waals surface area contributed by atoms with Gasteiger partial charge in [0, 0.05) is 5.56 Å². The van der Waals surface area contributed by atoms with Crippen LogP contribution in [0.3, 0.4) is 0 Å². The summed E-state index contributed by atoms with van der Waals surface area (Å²) in [4.78, 5) is 39.1. The number of carbonyl (C=O) groups is 3. The summed E-state index contributed by atoms with van der Waals surface area (Å²) >= 11 is 0. The van der Waals surface area contributed by atoms with Crippen LogP contribution >= 0.6 is 0 Å². The molecule has 33 heavy (non-hydrogen) atoms. The standard InChI is InChI=1S/C23H25F2N3O5/c1-4-17(16-7-5-6-8-18(16)33-21(24)25)26-19(29)13-28-20(30)23(2,27-22(28)31)14-9-11-15(32-3)12-10-14/h5-12,17,21H,4,13H2,1-3H3,(H,26,29)(H,27,31). The van der Waals surface area contributed by atoms with E-state index in [-0.39, 0.29) is 5.75 Å². The number of nitrogens with zero attached hydrogens (tertiary/aromatic N) is 1. The third-order valence-electron chi connectivity index (χ3n) is 5.50. The van der Waals surface area contributed by atoms with Crippen LogP contribution in [0.15, 0.2) is 48.5 Å². The predicted octanol–water partition coefficient (Wildman–Crippen LogP) is 3.33. The zero-order chi connectivity index (χ0) is 24.2. The fraction of sp³-hybridized carbons (Fsp3) is 0.348. The molecule has 176 valence electrons. The Morgan fingerprint density at radius 2 is 1.82 bits per heavy atom. The maximum atomic E-state index is 13.1. The second kappa shape index (κ2) is 9.85. The summed E-state index contributed by atoms with van der Waals surface area (Å²) in [5, 5.41) is 5.32. The zero-order valence-electron chi connectivity index (χ0n) is 18.4. The van der Waals surface area contributed by atoms with Gasteiger partial charge in [0.25, 0.3) is 5.91 Å². The minimum atomic E-state index is -3.01. The van der Waals surface area contributed by atoms with E-state index in [0.29, 0.717) is 23.3 Å². The van der Waals surface area contributed by atoms with Gasteiger partial charge in [-0.1, -0.05) is 37.3 Å². The summed E-state index contributed by atoms with van der Waals surface area (Å²) in [6.07, 6.45) is 0.374. The largest absolute Gasteiger partial charge is 0.497 e. The van der Waals surface area contributed by atoms with E-state index in [1.807, 2.05) is 0 Å². The van der Waals surface area contributed by atoms with Crippen molar-refractivity contribution in [1.29, 1.82) is 0 Å². The lowest BCUT2D eigenvalue weighted by Crippen LogP contribution is -2.43. The smallest absolute Gasteiger partial charge is 0.387 e. The molecule has 1 aliphatic rings. The van der Waals surface area contributed by atoms with Crippen molar-refractivity contribution in [2.75, 3.05) is 13.7 Å². The SMILES string of the molecule is CCC(NC(=O)CN1C(=O)NC(C)(c2ccc(OC)cc2)C1=O)c1ccccc1OC(F)F. The molecule has 0 spiro atoms. The minimum absolute atomic E-state index is 0.0540. The van der Waals surface area contributed by atoms with Crippen molar-refractivity contribution in [3.05, 3.63) is 59.7 Å². The first kappa shape index (κ1) is 24.0. The van der Waals surface area contributed by atoms with Gasteiger partial charge in [-0.15, -0.1) is 0 Å². The molecule has 4 amide bonds. The predicted molar refractivity (Wildman–Crippen MR) is 115 cm³/mol. The van der Waals surface area contributed by atoms with Gasteiger partial charge < -0.3 is 20.1 Å². The number of urea groups is 1. The molecule has 2 aromatic rings. The van der Waals surface area contributed by atoms with Crippen LogP contribution in [0.1, 0.15) is 37.4 Å². The van der Waals surface area contributed by atoms with E-state index in [9.17, 15) is 23.2 Å². The molecule has 0 saturated carbocycles. The van der Waals surface area contributed by atoms with Gasteiger partial charge >= 0.3 is 12.6 Å². The number of rotatable bonds is 9. The first-order valence-corrected chi connectivity index (χ1v) is 10.3. The maximum absolute atomic E-state index is 13.1. The van der Waals surface area contributed by atoms with Crippen LogP contribution in [0, 0.1) is 0 Å². The van der Waals surface area contributed by atoms with E-state index in [4.69, 9.17) is 4.74 Å². The molecule has 0 radical (unpaired) electrons. The van der Waals surface area contributed by atoms with Gasteiger partial charge in [-0.05, 0) is 37.1 Å². The van der Waals surface area contributed by atoms with E-state index in [1.54, 1.807) is 56.3 Å². The number of halogens is 2. The number of alkyl halides is 2. The van der Waals surface area contributed by atoms with Crippen molar-refractivity contribution in [2.24, 2.45) is 0 Å². The van der Waals surface area contributed by atoms with Crippen LogP contribution in [0.2, 0.25) is 0 Å². The van der Waals surface area contributed by atoms with E-state index in [2.05, 4.69) is 15.4 Å². The fourth-order valence-electron chi connectivity index (χ4n) is 3.72. The van der Waals surface area contributed by atoms with E-state index >= 15 is 0 Å². The minimum Gasteiger partial charge on any atom is -0.497 e. The number of carbonyl (C=O) groups excluding carboxylic acids is 3. The second-order valence-corrected chi connectivity index (χ2v) is 7.62. The van der Waals surface area contributed by atoms with Crippen LogP contribution in [0.25, 0.3) is 0 Å². The Morgan fingerprint density at radius 3 is 2.42 bits per heavy atom. The Kier molecular flexibility index (Phi) is 7.15. The number of ether oxygens (including phenoxy) is 2. The van der Waals surface area contributed by atoms with E-state index in [0.717, 1.165) is 4.90 Å². The molecular weight excluding hydrogens is 436 g/mol. The molecule has 1 saturated heterocycles. The van der Waals surface area contributed by atoms with Gasteiger partial charge in [-0.2, -0.15) is 8.78 Å². The number of benzene rings is 2. The Labute approximate surface area is 189 Å². The molecule has 0 aliphatic carbocycles. The number of amides is 4. The van der Waals surface area contributed by atoms with Crippen LogP contribution in [-0.4, -0.2) is 43.0 Å². The topological polar surface area (TPSA) is 97.0 Å². The average Bonchev–Trinajstić information content (AvgIpc) is 3.01. The van der Waals surface area contributed by atoms with Crippen molar-refractivity contribution in [3.63, 3.8) is 0 Å². The lowest BCUT2D eigenvalue weighted by molar-refractivity contribution is -0.135. The van der Waals surface area contributed by atoms with Gasteiger partial charge in [-0.3, -0.25) is 14.5 Å². The number of para-hydroxylation sites is 1. The first-order chi connectivity index (χ1) is 15.7. The molecule has 2 atom stereocenters. The van der Waals surface area contributed by atoms with Crippen molar-refractivity contribution in [2.45, 2.75) is 38.5 Å². The summed E-state index contributed by atoms with van der Waals surface area (Å²) in [6, 6.07) is 11.4. The van der Waals surface area contributed by atoms with Crippen LogP contribution < -0.4 is 20.1 Å². The molecule has 3 rings (SSSR count). The molecule has 0 bridgehead atoms. The molecular formula is C23H25F2N3O5. The van der Waals surface area contributed by atoms with Gasteiger partial charge in [0.15, 0.2) is 0 Å². The average molecular weight is 461 g/mol. The molecule has 2 aromatic carbocycles. The number of hydrogen-bond acceptors (Lipinski definition) is 5. The molecule has 2 N–H and O–H groups in total. The van der Waals surface area contributed by atoms with Crippen molar-refractivity contribution in [3.8, 4) is 11.5 Å². The van der Waals surface area contributed by atoms with Crippen LogP contribution in [0.5, 0.6) is 11.5 Å². The summed E-state index contributed by atoms with van der Waals surface area (Å²) < 4.78 is 35.1. The van der Waals surface area contributed by atoms with Crippen molar-refractivity contribution in [1.82, 2.24) is 15.5 Å². The highest BCUT2D eigenvalue weighted by Crippen LogP contribution is 2.31. The lowest BCUT2D eigenvalue weighted by Gasteiger charge is -2.23. The molecule has 0 aromatic heterocycles. The molecule has 10 heteroatoms. The summed E-state index contributed by atoms with van der Waals surface area (Å²) in [5.41, 5.74) is -0.436. The molecule has 2 unspecified atom stereocenters. The first-order valence-electron chi connectivity index (χ1n) is 10.3. The van der Waals surface area contributed by atoms with Crippen molar-refractivity contribution >= 4 is 17.8 Å². The van der Waals surface area contributed by atoms with Crippen LogP contribution in [-0.2, 0) is 15.1 Å². The van der Waals surface area contributed by atoms with Gasteiger partial charge in [0.05, 0.1) is 13.2 Å². The number of nitrogens with one attached hydrogen (secondary N) is 2. The van der Waals surface area contributed by atoms with Crippen LogP contribution in [0.4, 0.5) is 13.6 Å². The Hall–Kier alpha value is -3.69.